The Kier molecular flexibility index (Phi) is 2.09. The SMILES string of the molecule is CCC1=C(C)OCc2ccccc21. The lowest BCUT2D eigenvalue weighted by Gasteiger charge is -2.21. The Labute approximate surface area is 79.0 Å². The molecule has 1 heteroatoms. The summed E-state index contributed by atoms with van der Waals surface area (Å²) in [6, 6.07) is 8.47. The lowest BCUT2D eigenvalue weighted by molar-refractivity contribution is 0.196. The van der Waals surface area contributed by atoms with Crippen LogP contribution >= 0.6 is 0 Å². The van der Waals surface area contributed by atoms with Crippen molar-refractivity contribution in [2.75, 3.05) is 0 Å². The van der Waals surface area contributed by atoms with Crippen LogP contribution in [0.4, 0.5) is 0 Å². The van der Waals surface area contributed by atoms with Crippen molar-refractivity contribution in [1.82, 2.24) is 0 Å². The molecule has 1 heterocycles. The summed E-state index contributed by atoms with van der Waals surface area (Å²) in [7, 11) is 0. The monoisotopic (exact) mass is 174 g/mol. The Bertz CT molecular complexity index is 350. The number of allylic oxidation sites excluding steroid dienone is 2. The fourth-order valence-corrected chi connectivity index (χ4v) is 1.84. The summed E-state index contributed by atoms with van der Waals surface area (Å²) in [6.45, 7) is 4.95. The topological polar surface area (TPSA) is 9.23 Å². The minimum absolute atomic E-state index is 0.728. The number of ether oxygens (including phenoxy) is 1. The van der Waals surface area contributed by atoms with Crippen LogP contribution in [0.5, 0.6) is 0 Å². The molecular weight excluding hydrogens is 160 g/mol. The van der Waals surface area contributed by atoms with Crippen LogP contribution in [-0.2, 0) is 11.3 Å². The predicted octanol–water partition coefficient (Wildman–Crippen LogP) is 3.36. The van der Waals surface area contributed by atoms with E-state index in [1.54, 1.807) is 0 Å². The molecule has 1 nitrogen and oxygen atoms in total. The lowest BCUT2D eigenvalue weighted by Crippen LogP contribution is -2.05. The molecule has 1 aliphatic rings. The number of hydrogen-bond donors (Lipinski definition) is 0. The molecule has 68 valence electrons. The van der Waals surface area contributed by atoms with E-state index in [-0.39, 0.29) is 0 Å². The number of hydrogen-bond acceptors (Lipinski definition) is 1. The molecule has 13 heavy (non-hydrogen) atoms. The largest absolute Gasteiger partial charge is 0.493 e. The van der Waals surface area contributed by atoms with E-state index in [1.807, 2.05) is 0 Å². The average Bonchev–Trinajstić information content (AvgIpc) is 2.18. The molecule has 0 atom stereocenters. The van der Waals surface area contributed by atoms with E-state index in [1.165, 1.54) is 16.7 Å². The van der Waals surface area contributed by atoms with Crippen LogP contribution in [0.25, 0.3) is 5.57 Å². The molecule has 0 radical (unpaired) electrons. The summed E-state index contributed by atoms with van der Waals surface area (Å²) in [5.41, 5.74) is 4.03. The van der Waals surface area contributed by atoms with Crippen LogP contribution in [-0.4, -0.2) is 0 Å². The fourth-order valence-electron chi connectivity index (χ4n) is 1.84. The summed E-state index contributed by atoms with van der Waals surface area (Å²) in [4.78, 5) is 0. The van der Waals surface area contributed by atoms with Gasteiger partial charge >= 0.3 is 0 Å². The Morgan fingerprint density at radius 3 is 2.85 bits per heavy atom. The van der Waals surface area contributed by atoms with Crippen molar-refractivity contribution < 1.29 is 4.74 Å². The highest BCUT2D eigenvalue weighted by atomic mass is 16.5. The molecule has 0 unspecified atom stereocenters. The number of rotatable bonds is 1. The van der Waals surface area contributed by atoms with Crippen molar-refractivity contribution in [3.05, 3.63) is 41.2 Å². The molecule has 0 bridgehead atoms. The second-order valence-electron chi connectivity index (χ2n) is 3.33. The molecule has 0 spiro atoms. The van der Waals surface area contributed by atoms with Gasteiger partial charge in [-0.15, -0.1) is 0 Å². The highest BCUT2D eigenvalue weighted by molar-refractivity contribution is 5.70. The average molecular weight is 174 g/mol. The third-order valence-corrected chi connectivity index (χ3v) is 2.57. The maximum atomic E-state index is 5.59. The molecule has 0 fully saturated rings. The van der Waals surface area contributed by atoms with E-state index in [0.29, 0.717) is 0 Å². The fraction of sp³-hybridized carbons (Fsp3) is 0.333. The molecular formula is C12H14O. The Hall–Kier alpha value is -1.24. The third kappa shape index (κ3) is 1.35. The third-order valence-electron chi connectivity index (χ3n) is 2.57. The molecule has 0 aliphatic carbocycles. The van der Waals surface area contributed by atoms with Gasteiger partial charge < -0.3 is 4.74 Å². The van der Waals surface area contributed by atoms with Gasteiger partial charge in [0.05, 0.1) is 5.76 Å². The highest BCUT2D eigenvalue weighted by Gasteiger charge is 2.14. The van der Waals surface area contributed by atoms with Gasteiger partial charge in [0.2, 0.25) is 0 Å². The van der Waals surface area contributed by atoms with Crippen molar-refractivity contribution >= 4 is 5.57 Å². The molecule has 1 aromatic carbocycles. The van der Waals surface area contributed by atoms with Crippen LogP contribution in [0.3, 0.4) is 0 Å². The van der Waals surface area contributed by atoms with Gasteiger partial charge in [-0.1, -0.05) is 31.2 Å². The van der Waals surface area contributed by atoms with E-state index in [2.05, 4.69) is 38.1 Å². The van der Waals surface area contributed by atoms with E-state index in [0.717, 1.165) is 18.8 Å². The summed E-state index contributed by atoms with van der Waals surface area (Å²) in [6.07, 6.45) is 1.04. The van der Waals surface area contributed by atoms with Crippen LogP contribution < -0.4 is 0 Å². The Morgan fingerprint density at radius 1 is 1.31 bits per heavy atom. The first-order valence-corrected chi connectivity index (χ1v) is 4.73. The summed E-state index contributed by atoms with van der Waals surface area (Å²) < 4.78 is 5.59. The second kappa shape index (κ2) is 3.25. The van der Waals surface area contributed by atoms with Crippen molar-refractivity contribution in [1.29, 1.82) is 0 Å². The van der Waals surface area contributed by atoms with E-state index in [9.17, 15) is 0 Å². The second-order valence-corrected chi connectivity index (χ2v) is 3.33. The zero-order valence-electron chi connectivity index (χ0n) is 8.13. The minimum Gasteiger partial charge on any atom is -0.493 e. The zero-order valence-corrected chi connectivity index (χ0v) is 8.13. The molecule has 0 saturated carbocycles. The van der Waals surface area contributed by atoms with E-state index in [4.69, 9.17) is 4.74 Å². The van der Waals surface area contributed by atoms with Crippen LogP contribution in [0, 0.1) is 0 Å². The molecule has 0 amide bonds. The number of benzene rings is 1. The maximum absolute atomic E-state index is 5.59. The van der Waals surface area contributed by atoms with Gasteiger partial charge in [0, 0.05) is 0 Å². The molecule has 1 aliphatic heterocycles. The van der Waals surface area contributed by atoms with Gasteiger partial charge in [0.15, 0.2) is 0 Å². The van der Waals surface area contributed by atoms with E-state index < -0.39 is 0 Å². The molecule has 1 aromatic rings. The molecule has 2 rings (SSSR count). The van der Waals surface area contributed by atoms with Crippen LogP contribution in [0.15, 0.2) is 30.0 Å². The van der Waals surface area contributed by atoms with Crippen molar-refractivity contribution in [3.8, 4) is 0 Å². The molecule has 0 aromatic heterocycles. The van der Waals surface area contributed by atoms with Crippen molar-refractivity contribution in [2.45, 2.75) is 26.9 Å². The lowest BCUT2D eigenvalue weighted by atomic mass is 9.95. The quantitative estimate of drug-likeness (QED) is 0.634. The smallest absolute Gasteiger partial charge is 0.113 e. The predicted molar refractivity (Wildman–Crippen MR) is 54.1 cm³/mol. The van der Waals surface area contributed by atoms with Gasteiger partial charge in [-0.05, 0) is 30.0 Å². The summed E-state index contributed by atoms with van der Waals surface area (Å²) >= 11 is 0. The van der Waals surface area contributed by atoms with Gasteiger partial charge in [0.25, 0.3) is 0 Å². The Balaban J connectivity index is 2.55. The van der Waals surface area contributed by atoms with Crippen LogP contribution in [0.2, 0.25) is 0 Å². The Morgan fingerprint density at radius 2 is 2.08 bits per heavy atom. The first-order chi connectivity index (χ1) is 6.33. The first kappa shape index (κ1) is 8.36. The van der Waals surface area contributed by atoms with Gasteiger partial charge in [-0.3, -0.25) is 0 Å². The maximum Gasteiger partial charge on any atom is 0.113 e. The van der Waals surface area contributed by atoms with Gasteiger partial charge in [0.1, 0.15) is 6.61 Å². The normalized spacial score (nSPS) is 15.2. The summed E-state index contributed by atoms with van der Waals surface area (Å²) in [5.74, 6) is 1.08. The van der Waals surface area contributed by atoms with Crippen molar-refractivity contribution in [2.24, 2.45) is 0 Å². The van der Waals surface area contributed by atoms with Crippen LogP contribution in [0.1, 0.15) is 31.4 Å². The van der Waals surface area contributed by atoms with Crippen molar-refractivity contribution in [3.63, 3.8) is 0 Å². The van der Waals surface area contributed by atoms with Gasteiger partial charge in [-0.25, -0.2) is 0 Å². The van der Waals surface area contributed by atoms with Gasteiger partial charge in [-0.2, -0.15) is 0 Å². The van der Waals surface area contributed by atoms with E-state index >= 15 is 0 Å². The molecule has 0 saturated heterocycles. The zero-order chi connectivity index (χ0) is 9.26. The minimum atomic E-state index is 0.728. The first-order valence-electron chi connectivity index (χ1n) is 4.73. The molecule has 0 N–H and O–H groups in total. The standard InChI is InChI=1S/C12H14O/c1-3-11-9(2)13-8-10-6-4-5-7-12(10)11/h4-7H,3,8H2,1-2H3. The summed E-state index contributed by atoms with van der Waals surface area (Å²) in [5, 5.41) is 0. The highest BCUT2D eigenvalue weighted by Crippen LogP contribution is 2.30. The number of fused-ring (bicyclic) bond motifs is 1.